The molecule has 0 amide bonds. The SMILES string of the molecule is [C-]#[N+]c1c(N(c2ccccc2[N+](=O)[O-])c2ccccc2[N+](=O)[O-])sc(C(=C2C=CC(=[N+](CC)c3c(C)cccc3C)C=C2)c2ccc(N(CC)c3c(C)cccc3C)cc2)c1-c1ccccc1. The summed E-state index contributed by atoms with van der Waals surface area (Å²) < 4.78 is 2.31. The number of anilines is 5. The average molecular weight is 902 g/mol. The van der Waals surface area contributed by atoms with Gasteiger partial charge in [0, 0.05) is 69.3 Å². The molecule has 1 aliphatic rings. The lowest BCUT2D eigenvalue weighted by Gasteiger charge is -2.27. The van der Waals surface area contributed by atoms with Crippen LogP contribution >= 0.6 is 11.3 Å². The first kappa shape index (κ1) is 45.4. The van der Waals surface area contributed by atoms with Gasteiger partial charge in [-0.1, -0.05) is 103 Å². The molecule has 332 valence electrons. The molecular formula is C56H49N6O4S+. The standard InChI is InChI=1S/C56H49N6O4S/c1-8-58(53-37(3)19-17-20-38(53)4)44-33-29-42(30-34-44)50(43-31-35-45(36-32-43)59(9-2)54-39(5)21-18-22-40(54)6)55-51(41-23-11-10-12-24-41)52(57-7)56(67-55)60(46-25-13-15-27-48(46)61(63)64)47-26-14-16-28-49(47)62(65)66/h10-36H,8-9H2,1-6H3/q+1. The minimum absolute atomic E-state index is 0.0895. The first-order chi connectivity index (χ1) is 32.5. The maximum Gasteiger partial charge on any atom is 0.293 e. The summed E-state index contributed by atoms with van der Waals surface area (Å²) in [7, 11) is 0. The Labute approximate surface area is 395 Å². The van der Waals surface area contributed by atoms with Crippen LogP contribution in [0.25, 0.3) is 21.5 Å². The molecule has 0 fully saturated rings. The van der Waals surface area contributed by atoms with Gasteiger partial charge in [0.2, 0.25) is 17.1 Å². The second-order valence-corrected chi connectivity index (χ2v) is 17.2. The zero-order valence-corrected chi connectivity index (χ0v) is 39.0. The molecule has 0 saturated heterocycles. The van der Waals surface area contributed by atoms with E-state index in [1.165, 1.54) is 50.6 Å². The van der Waals surface area contributed by atoms with Crippen LogP contribution in [0.15, 0.2) is 169 Å². The maximum absolute atomic E-state index is 12.8. The molecule has 67 heavy (non-hydrogen) atoms. The summed E-state index contributed by atoms with van der Waals surface area (Å²) in [5.74, 6) is 0. The van der Waals surface area contributed by atoms with Crippen LogP contribution < -0.4 is 9.80 Å². The molecule has 11 heteroatoms. The Bertz CT molecular complexity index is 3110. The summed E-state index contributed by atoms with van der Waals surface area (Å²) in [6.07, 6.45) is 8.46. The number of thiophene rings is 1. The summed E-state index contributed by atoms with van der Waals surface area (Å²) in [4.78, 5) is 33.3. The van der Waals surface area contributed by atoms with Gasteiger partial charge in [0.15, 0.2) is 0 Å². The molecule has 6 aromatic carbocycles. The fraction of sp³-hybridized carbons (Fsp3) is 0.143. The highest BCUT2D eigenvalue weighted by Gasteiger charge is 2.34. The highest BCUT2D eigenvalue weighted by atomic mass is 32.1. The van der Waals surface area contributed by atoms with E-state index in [9.17, 15) is 20.2 Å². The van der Waals surface area contributed by atoms with Crippen LogP contribution in [0.4, 0.5) is 50.5 Å². The number of allylic oxidation sites excluding steroid dienone is 5. The number of hydrogen-bond acceptors (Lipinski definition) is 7. The highest BCUT2D eigenvalue weighted by Crippen LogP contribution is 2.57. The lowest BCUT2D eigenvalue weighted by Crippen LogP contribution is -2.18. The third-order valence-corrected chi connectivity index (χ3v) is 13.3. The minimum atomic E-state index is -0.502. The van der Waals surface area contributed by atoms with Crippen molar-refractivity contribution in [3.05, 3.63) is 234 Å². The first-order valence-corrected chi connectivity index (χ1v) is 22.9. The van der Waals surface area contributed by atoms with Gasteiger partial charge in [-0.25, -0.2) is 4.85 Å². The van der Waals surface area contributed by atoms with E-state index in [1.54, 1.807) is 36.4 Å². The molecule has 8 rings (SSSR count). The van der Waals surface area contributed by atoms with Gasteiger partial charge < -0.3 is 4.90 Å². The van der Waals surface area contributed by atoms with Crippen molar-refractivity contribution in [1.82, 2.24) is 0 Å². The predicted molar refractivity (Wildman–Crippen MR) is 275 cm³/mol. The van der Waals surface area contributed by atoms with E-state index in [-0.39, 0.29) is 28.4 Å². The molecule has 0 radical (unpaired) electrons. The van der Waals surface area contributed by atoms with Crippen molar-refractivity contribution in [3.63, 3.8) is 0 Å². The number of para-hydroxylation sites is 6. The molecule has 0 atom stereocenters. The fourth-order valence-electron chi connectivity index (χ4n) is 9.13. The Morgan fingerprint density at radius 3 is 1.67 bits per heavy atom. The van der Waals surface area contributed by atoms with Crippen LogP contribution in [-0.2, 0) is 0 Å². The maximum atomic E-state index is 12.8. The first-order valence-electron chi connectivity index (χ1n) is 22.1. The minimum Gasteiger partial charge on any atom is -0.341 e. The number of nitro groups is 2. The van der Waals surface area contributed by atoms with Gasteiger partial charge in [-0.3, -0.25) is 25.1 Å². The number of hydrogen-bond donors (Lipinski definition) is 0. The summed E-state index contributed by atoms with van der Waals surface area (Å²) >= 11 is 1.28. The van der Waals surface area contributed by atoms with E-state index in [2.05, 4.69) is 141 Å². The largest absolute Gasteiger partial charge is 0.341 e. The molecule has 1 heterocycles. The van der Waals surface area contributed by atoms with Crippen molar-refractivity contribution >= 4 is 73.1 Å². The molecule has 7 aromatic rings. The van der Waals surface area contributed by atoms with E-state index in [1.807, 2.05) is 30.3 Å². The van der Waals surface area contributed by atoms with Crippen LogP contribution in [0.3, 0.4) is 0 Å². The van der Waals surface area contributed by atoms with Crippen LogP contribution in [0.2, 0.25) is 0 Å². The molecule has 1 aliphatic carbocycles. The Morgan fingerprint density at radius 2 is 1.16 bits per heavy atom. The molecule has 0 aliphatic heterocycles. The van der Waals surface area contributed by atoms with Crippen LogP contribution in [-0.4, -0.2) is 33.2 Å². The normalized spacial score (nSPS) is 11.9. The molecular weight excluding hydrogens is 853 g/mol. The highest BCUT2D eigenvalue weighted by molar-refractivity contribution is 7.19. The molecule has 0 spiro atoms. The third kappa shape index (κ3) is 8.70. The van der Waals surface area contributed by atoms with Crippen molar-refractivity contribution in [2.24, 2.45) is 0 Å². The van der Waals surface area contributed by atoms with E-state index in [0.29, 0.717) is 10.6 Å². The Morgan fingerprint density at radius 1 is 0.642 bits per heavy atom. The third-order valence-electron chi connectivity index (χ3n) is 12.1. The van der Waals surface area contributed by atoms with Gasteiger partial charge in [-0.15, -0.1) is 11.3 Å². The van der Waals surface area contributed by atoms with E-state index < -0.39 is 9.85 Å². The van der Waals surface area contributed by atoms with Crippen molar-refractivity contribution in [3.8, 4) is 11.1 Å². The number of nitro benzene ring substituents is 2. The zero-order valence-electron chi connectivity index (χ0n) is 38.2. The molecule has 1 aromatic heterocycles. The van der Waals surface area contributed by atoms with Crippen molar-refractivity contribution in [1.29, 1.82) is 0 Å². The second-order valence-electron chi connectivity index (χ2n) is 16.2. The summed E-state index contributed by atoms with van der Waals surface area (Å²) in [5.41, 5.74) is 12.8. The van der Waals surface area contributed by atoms with Crippen molar-refractivity contribution in [2.45, 2.75) is 41.5 Å². The predicted octanol–water partition coefficient (Wildman–Crippen LogP) is 15.4. The van der Waals surface area contributed by atoms with Gasteiger partial charge in [-0.2, -0.15) is 4.58 Å². The van der Waals surface area contributed by atoms with Crippen molar-refractivity contribution < 1.29 is 14.4 Å². The number of aryl methyl sites for hydroxylation is 4. The Hall–Kier alpha value is -8.20. The molecule has 0 unspecified atom stereocenters. The van der Waals surface area contributed by atoms with E-state index in [4.69, 9.17) is 6.57 Å². The zero-order chi connectivity index (χ0) is 47.4. The quantitative estimate of drug-likeness (QED) is 0.0494. The Kier molecular flexibility index (Phi) is 13.2. The van der Waals surface area contributed by atoms with Gasteiger partial charge in [0.05, 0.1) is 16.4 Å². The fourth-order valence-corrected chi connectivity index (χ4v) is 10.5. The van der Waals surface area contributed by atoms with Gasteiger partial charge in [0.1, 0.15) is 22.9 Å². The monoisotopic (exact) mass is 901 g/mol. The molecule has 0 saturated carbocycles. The smallest absolute Gasteiger partial charge is 0.293 e. The average Bonchev–Trinajstić information content (AvgIpc) is 3.71. The summed E-state index contributed by atoms with van der Waals surface area (Å²) in [5, 5.41) is 25.8. The number of rotatable bonds is 13. The molecule has 0 bridgehead atoms. The van der Waals surface area contributed by atoms with E-state index >= 15 is 0 Å². The second kappa shape index (κ2) is 19.5. The van der Waals surface area contributed by atoms with Crippen LogP contribution in [0.1, 0.15) is 46.5 Å². The lowest BCUT2D eigenvalue weighted by atomic mass is 9.91. The van der Waals surface area contributed by atoms with Crippen molar-refractivity contribution in [2.75, 3.05) is 22.9 Å². The summed E-state index contributed by atoms with van der Waals surface area (Å²) in [6.45, 7) is 23.1. The summed E-state index contributed by atoms with van der Waals surface area (Å²) in [6, 6.07) is 43.1. The lowest BCUT2D eigenvalue weighted by molar-refractivity contribution is -0.435. The Balaban J connectivity index is 1.44. The molecule has 10 nitrogen and oxygen atoms in total. The topological polar surface area (TPSA) is 100 Å². The van der Waals surface area contributed by atoms with Crippen LogP contribution in [0.5, 0.6) is 0 Å². The van der Waals surface area contributed by atoms with Gasteiger partial charge in [-0.05, 0) is 106 Å². The molecule has 0 N–H and O–H groups in total. The van der Waals surface area contributed by atoms with Gasteiger partial charge >= 0.3 is 0 Å². The number of benzene rings is 6. The van der Waals surface area contributed by atoms with Crippen LogP contribution in [0, 0.1) is 54.5 Å². The van der Waals surface area contributed by atoms with Gasteiger partial charge in [0.25, 0.3) is 11.4 Å². The van der Waals surface area contributed by atoms with E-state index in [0.717, 1.165) is 63.0 Å². The number of nitrogens with zero attached hydrogens (tertiary/aromatic N) is 6.